The standard InChI is InChI=1S/C4H10O4S.ClH.Li/c1-3-7-9(5,6)8-4-2;;/h3-4H2,1-2H3;1H;/q;;+1/p-1. The Morgan fingerprint density at radius 2 is 1.36 bits per heavy atom. The molecule has 0 aromatic carbocycles. The molecule has 4 nitrogen and oxygen atoms in total. The van der Waals surface area contributed by atoms with Gasteiger partial charge in [0.25, 0.3) is 0 Å². The quantitative estimate of drug-likeness (QED) is 0.421. The first-order chi connectivity index (χ1) is 4.12. The smallest absolute Gasteiger partial charge is 1.00 e. The van der Waals surface area contributed by atoms with Crippen molar-refractivity contribution in [1.29, 1.82) is 0 Å². The molecule has 11 heavy (non-hydrogen) atoms. The number of rotatable bonds is 4. The Balaban J connectivity index is -0.000000320. The van der Waals surface area contributed by atoms with Crippen molar-refractivity contribution < 1.29 is 48.1 Å². The van der Waals surface area contributed by atoms with Gasteiger partial charge in [0.15, 0.2) is 0 Å². The van der Waals surface area contributed by atoms with Crippen LogP contribution in [-0.2, 0) is 18.8 Å². The van der Waals surface area contributed by atoms with Crippen LogP contribution in [0.4, 0.5) is 0 Å². The SMILES string of the molecule is CCOS(=O)(=O)OCC.[Cl-].[Li+]. The van der Waals surface area contributed by atoms with Crippen molar-refractivity contribution in [3.05, 3.63) is 0 Å². The van der Waals surface area contributed by atoms with Gasteiger partial charge in [-0.05, 0) is 13.8 Å². The maximum Gasteiger partial charge on any atom is 1.00 e. The maximum atomic E-state index is 10.4. The summed E-state index contributed by atoms with van der Waals surface area (Å²) in [4.78, 5) is 0. The molecule has 0 heterocycles. The van der Waals surface area contributed by atoms with Gasteiger partial charge in [-0.2, -0.15) is 8.42 Å². The van der Waals surface area contributed by atoms with Gasteiger partial charge in [-0.25, -0.2) is 8.37 Å². The van der Waals surface area contributed by atoms with Gasteiger partial charge in [-0.1, -0.05) is 0 Å². The van der Waals surface area contributed by atoms with E-state index in [1.807, 2.05) is 0 Å². The number of hydrogen-bond acceptors (Lipinski definition) is 4. The fraction of sp³-hybridized carbons (Fsp3) is 1.00. The summed E-state index contributed by atoms with van der Waals surface area (Å²) in [5.41, 5.74) is 0. The van der Waals surface area contributed by atoms with Crippen LogP contribution < -0.4 is 31.3 Å². The van der Waals surface area contributed by atoms with Crippen LogP contribution in [0.25, 0.3) is 0 Å². The molecule has 64 valence electrons. The average molecular weight is 197 g/mol. The zero-order valence-corrected chi connectivity index (χ0v) is 8.41. The van der Waals surface area contributed by atoms with Crippen molar-refractivity contribution in [3.8, 4) is 0 Å². The molecule has 7 heteroatoms. The molecule has 0 saturated carbocycles. The van der Waals surface area contributed by atoms with Crippen LogP contribution in [0.2, 0.25) is 0 Å². The molecular weight excluding hydrogens is 187 g/mol. The molecule has 0 aromatic heterocycles. The van der Waals surface area contributed by atoms with Crippen molar-refractivity contribution >= 4 is 10.4 Å². The topological polar surface area (TPSA) is 52.6 Å². The second-order valence-electron chi connectivity index (χ2n) is 1.22. The zero-order chi connectivity index (χ0) is 7.33. The van der Waals surface area contributed by atoms with Crippen LogP contribution in [0.3, 0.4) is 0 Å². The van der Waals surface area contributed by atoms with Gasteiger partial charge in [0, 0.05) is 0 Å². The van der Waals surface area contributed by atoms with Crippen LogP contribution in [-0.4, -0.2) is 21.6 Å². The molecule has 0 aromatic rings. The van der Waals surface area contributed by atoms with Gasteiger partial charge in [-0.3, -0.25) is 0 Å². The molecule has 0 fully saturated rings. The molecule has 0 N–H and O–H groups in total. The molecule has 0 saturated heterocycles. The van der Waals surface area contributed by atoms with E-state index in [0.29, 0.717) is 0 Å². The minimum Gasteiger partial charge on any atom is -1.00 e. The van der Waals surface area contributed by atoms with E-state index in [2.05, 4.69) is 8.37 Å². The maximum absolute atomic E-state index is 10.4. The Bertz CT molecular complexity index is 145. The third-order valence-electron chi connectivity index (χ3n) is 0.524. The molecule has 0 amide bonds. The van der Waals surface area contributed by atoms with Gasteiger partial charge in [0.05, 0.1) is 13.2 Å². The van der Waals surface area contributed by atoms with Crippen molar-refractivity contribution in [2.45, 2.75) is 13.8 Å². The summed E-state index contributed by atoms with van der Waals surface area (Å²) in [5.74, 6) is 0. The first kappa shape index (κ1) is 17.7. The largest absolute Gasteiger partial charge is 1.00 e. The first-order valence-electron chi connectivity index (χ1n) is 2.66. The molecule has 0 aliphatic carbocycles. The van der Waals surface area contributed by atoms with Crippen LogP contribution in [0.5, 0.6) is 0 Å². The molecule has 0 aliphatic heterocycles. The monoisotopic (exact) mass is 196 g/mol. The molecule has 0 radical (unpaired) electrons. The van der Waals surface area contributed by atoms with Crippen molar-refractivity contribution in [3.63, 3.8) is 0 Å². The first-order valence-corrected chi connectivity index (χ1v) is 3.99. The minimum absolute atomic E-state index is 0. The fourth-order valence-electron chi connectivity index (χ4n) is 0.323. The number of halogens is 1. The predicted molar refractivity (Wildman–Crippen MR) is 32.2 cm³/mol. The second kappa shape index (κ2) is 8.85. The normalized spacial score (nSPS) is 9.64. The summed E-state index contributed by atoms with van der Waals surface area (Å²) in [6.45, 7) is 3.39. The van der Waals surface area contributed by atoms with E-state index in [9.17, 15) is 8.42 Å². The van der Waals surface area contributed by atoms with Crippen molar-refractivity contribution in [2.75, 3.05) is 13.2 Å². The Labute approximate surface area is 85.6 Å². The van der Waals surface area contributed by atoms with Gasteiger partial charge >= 0.3 is 29.3 Å². The Kier molecular flexibility index (Phi) is 14.3. The van der Waals surface area contributed by atoms with E-state index in [1.54, 1.807) is 13.8 Å². The minimum atomic E-state index is -3.68. The molecule has 0 bridgehead atoms. The van der Waals surface area contributed by atoms with E-state index in [4.69, 9.17) is 0 Å². The Morgan fingerprint density at radius 1 is 1.09 bits per heavy atom. The van der Waals surface area contributed by atoms with E-state index >= 15 is 0 Å². The number of hydrogen-bond donors (Lipinski definition) is 0. The van der Waals surface area contributed by atoms with Gasteiger partial charge < -0.3 is 12.4 Å². The van der Waals surface area contributed by atoms with Crippen LogP contribution >= 0.6 is 0 Å². The average Bonchev–Trinajstić information content (AvgIpc) is 1.64. The summed E-state index contributed by atoms with van der Waals surface area (Å²) in [5, 5.41) is 0. The molecule has 0 atom stereocenters. The van der Waals surface area contributed by atoms with E-state index in [-0.39, 0.29) is 44.5 Å². The molecule has 0 spiro atoms. The summed E-state index contributed by atoms with van der Waals surface area (Å²) < 4.78 is 29.2. The second-order valence-corrected chi connectivity index (χ2v) is 2.51. The Hall–Kier alpha value is 0.757. The van der Waals surface area contributed by atoms with E-state index in [0.717, 1.165) is 0 Å². The van der Waals surface area contributed by atoms with Crippen LogP contribution in [0, 0.1) is 0 Å². The molecule has 0 aliphatic rings. The fourth-order valence-corrected chi connectivity index (χ4v) is 0.968. The van der Waals surface area contributed by atoms with E-state index in [1.165, 1.54) is 0 Å². The third kappa shape index (κ3) is 10.8. The molecule has 0 unspecified atom stereocenters. The molecule has 0 rings (SSSR count). The summed E-state index contributed by atoms with van der Waals surface area (Å²) in [7, 11) is -3.68. The van der Waals surface area contributed by atoms with Gasteiger partial charge in [0.1, 0.15) is 0 Å². The van der Waals surface area contributed by atoms with Crippen LogP contribution in [0.1, 0.15) is 13.8 Å². The molecular formula is C4H10ClLiO4S. The zero-order valence-electron chi connectivity index (χ0n) is 6.83. The van der Waals surface area contributed by atoms with Gasteiger partial charge in [0.2, 0.25) is 0 Å². The van der Waals surface area contributed by atoms with Gasteiger partial charge in [-0.15, -0.1) is 0 Å². The van der Waals surface area contributed by atoms with E-state index < -0.39 is 10.4 Å². The summed E-state index contributed by atoms with van der Waals surface area (Å²) >= 11 is 0. The van der Waals surface area contributed by atoms with Crippen LogP contribution in [0.15, 0.2) is 0 Å². The predicted octanol–water partition coefficient (Wildman–Crippen LogP) is -5.69. The van der Waals surface area contributed by atoms with Crippen molar-refractivity contribution in [1.82, 2.24) is 0 Å². The van der Waals surface area contributed by atoms with Crippen molar-refractivity contribution in [2.24, 2.45) is 0 Å². The summed E-state index contributed by atoms with van der Waals surface area (Å²) in [6.07, 6.45) is 0. The Morgan fingerprint density at radius 3 is 1.55 bits per heavy atom. The summed E-state index contributed by atoms with van der Waals surface area (Å²) in [6, 6.07) is 0. The third-order valence-corrected chi connectivity index (χ3v) is 1.57.